The predicted molar refractivity (Wildman–Crippen MR) is 75.1 cm³/mol. The van der Waals surface area contributed by atoms with Crippen LogP contribution in [0, 0.1) is 17.2 Å². The Morgan fingerprint density at radius 2 is 2.43 bits per heavy atom. The molecular formula is C15H18N4O2. The minimum absolute atomic E-state index is 0.414. The van der Waals surface area contributed by atoms with E-state index in [2.05, 4.69) is 22.0 Å². The molecule has 0 spiro atoms. The lowest BCUT2D eigenvalue weighted by Gasteiger charge is -2.36. The first-order valence-corrected chi connectivity index (χ1v) is 7.15. The monoisotopic (exact) mass is 286 g/mol. The van der Waals surface area contributed by atoms with Crippen LogP contribution in [0.15, 0.2) is 16.8 Å². The summed E-state index contributed by atoms with van der Waals surface area (Å²) in [6, 6.07) is 3.74. The fraction of sp³-hybridized carbons (Fsp3) is 0.533. The number of aromatic amines is 1. The Hall–Kier alpha value is -2.13. The summed E-state index contributed by atoms with van der Waals surface area (Å²) >= 11 is 0. The summed E-state index contributed by atoms with van der Waals surface area (Å²) in [6.07, 6.45) is 5.81. The van der Waals surface area contributed by atoms with Gasteiger partial charge in [-0.2, -0.15) is 10.2 Å². The third-order valence-corrected chi connectivity index (χ3v) is 4.23. The molecule has 0 bridgehead atoms. The number of nitriles is 1. The third-order valence-electron chi connectivity index (χ3n) is 4.23. The zero-order valence-electron chi connectivity index (χ0n) is 12.2. The molecule has 2 unspecified atom stereocenters. The minimum Gasteiger partial charge on any atom is -0.370 e. The largest absolute Gasteiger partial charge is 0.370 e. The molecule has 2 aromatic heterocycles. The van der Waals surface area contributed by atoms with E-state index in [0.29, 0.717) is 23.3 Å². The highest BCUT2D eigenvalue weighted by atomic mass is 16.5. The summed E-state index contributed by atoms with van der Waals surface area (Å²) in [7, 11) is 1.71. The number of nitrogens with one attached hydrogen (secondary N) is 1. The fourth-order valence-electron chi connectivity index (χ4n) is 3.09. The summed E-state index contributed by atoms with van der Waals surface area (Å²) in [5.74, 6) is 1.60. The van der Waals surface area contributed by atoms with Gasteiger partial charge in [0, 0.05) is 13.3 Å². The molecule has 0 amide bonds. The van der Waals surface area contributed by atoms with Gasteiger partial charge in [0.15, 0.2) is 0 Å². The van der Waals surface area contributed by atoms with Crippen LogP contribution in [0.2, 0.25) is 0 Å². The van der Waals surface area contributed by atoms with E-state index in [1.165, 1.54) is 6.42 Å². The van der Waals surface area contributed by atoms with Gasteiger partial charge in [0.2, 0.25) is 5.82 Å². The zero-order valence-corrected chi connectivity index (χ0v) is 12.2. The summed E-state index contributed by atoms with van der Waals surface area (Å²) in [6.45, 7) is 2.22. The molecule has 6 heteroatoms. The van der Waals surface area contributed by atoms with Crippen molar-refractivity contribution >= 4 is 0 Å². The van der Waals surface area contributed by atoms with Gasteiger partial charge >= 0.3 is 0 Å². The minimum atomic E-state index is -0.451. The summed E-state index contributed by atoms with van der Waals surface area (Å²) < 4.78 is 11.1. The first-order chi connectivity index (χ1) is 10.2. The van der Waals surface area contributed by atoms with Gasteiger partial charge in [0.1, 0.15) is 17.4 Å². The molecule has 2 heterocycles. The highest BCUT2D eigenvalue weighted by Crippen LogP contribution is 2.41. The van der Waals surface area contributed by atoms with Crippen molar-refractivity contribution in [2.24, 2.45) is 5.92 Å². The van der Waals surface area contributed by atoms with E-state index in [1.54, 1.807) is 19.4 Å². The molecule has 1 fully saturated rings. The van der Waals surface area contributed by atoms with Crippen molar-refractivity contribution in [1.82, 2.24) is 15.1 Å². The molecule has 1 N–H and O–H groups in total. The molecule has 2 aromatic rings. The number of methoxy groups -OCH3 is 1. The number of nitrogens with zero attached hydrogens (tertiary/aromatic N) is 3. The molecule has 1 saturated carbocycles. The Kier molecular flexibility index (Phi) is 3.52. The van der Waals surface area contributed by atoms with Gasteiger partial charge in [-0.3, -0.25) is 0 Å². The number of ether oxygens (including phenoxy) is 1. The highest BCUT2D eigenvalue weighted by molar-refractivity contribution is 5.54. The van der Waals surface area contributed by atoms with Crippen LogP contribution in [0.3, 0.4) is 0 Å². The number of aromatic nitrogens is 3. The van der Waals surface area contributed by atoms with Gasteiger partial charge in [-0.25, -0.2) is 0 Å². The molecule has 0 radical (unpaired) electrons. The molecule has 6 nitrogen and oxygen atoms in total. The van der Waals surface area contributed by atoms with Crippen LogP contribution >= 0.6 is 0 Å². The number of rotatable bonds is 3. The molecule has 2 atom stereocenters. The van der Waals surface area contributed by atoms with Crippen molar-refractivity contribution in [3.8, 4) is 17.5 Å². The van der Waals surface area contributed by atoms with Crippen LogP contribution in [0.4, 0.5) is 0 Å². The van der Waals surface area contributed by atoms with Gasteiger partial charge < -0.3 is 14.2 Å². The number of H-pyrrole nitrogens is 1. The van der Waals surface area contributed by atoms with Gasteiger partial charge in [-0.15, -0.1) is 0 Å². The quantitative estimate of drug-likeness (QED) is 0.937. The standard InChI is InChI=1S/C15H18N4O2/c1-10-4-3-5-15(7-10,20-2)14-18-13(21-19-14)11-6-12(8-16)17-9-11/h6,9-10,17H,3-5,7H2,1-2H3. The molecule has 110 valence electrons. The van der Waals surface area contributed by atoms with Crippen LogP contribution in [-0.4, -0.2) is 22.2 Å². The number of hydrogen-bond acceptors (Lipinski definition) is 5. The van der Waals surface area contributed by atoms with Gasteiger partial charge in [-0.05, 0) is 31.2 Å². The lowest BCUT2D eigenvalue weighted by Crippen LogP contribution is -2.35. The van der Waals surface area contributed by atoms with Gasteiger partial charge in [-0.1, -0.05) is 18.5 Å². The molecule has 1 aliphatic carbocycles. The van der Waals surface area contributed by atoms with E-state index in [4.69, 9.17) is 14.5 Å². The maximum absolute atomic E-state index is 8.85. The zero-order chi connectivity index (χ0) is 14.9. The van der Waals surface area contributed by atoms with E-state index in [9.17, 15) is 0 Å². The topological polar surface area (TPSA) is 87.7 Å². The molecular weight excluding hydrogens is 268 g/mol. The van der Waals surface area contributed by atoms with Crippen LogP contribution < -0.4 is 0 Å². The average molecular weight is 286 g/mol. The van der Waals surface area contributed by atoms with Crippen molar-refractivity contribution in [1.29, 1.82) is 5.26 Å². The van der Waals surface area contributed by atoms with Crippen molar-refractivity contribution < 1.29 is 9.26 Å². The molecule has 0 saturated heterocycles. The average Bonchev–Trinajstić information content (AvgIpc) is 3.16. The van der Waals surface area contributed by atoms with Crippen molar-refractivity contribution in [3.63, 3.8) is 0 Å². The van der Waals surface area contributed by atoms with Crippen molar-refractivity contribution in [2.75, 3.05) is 7.11 Å². The normalized spacial score (nSPS) is 25.7. The molecule has 3 rings (SSSR count). The van der Waals surface area contributed by atoms with Gasteiger partial charge in [0.25, 0.3) is 5.89 Å². The van der Waals surface area contributed by atoms with E-state index >= 15 is 0 Å². The summed E-state index contributed by atoms with van der Waals surface area (Å²) in [4.78, 5) is 7.35. The first-order valence-electron chi connectivity index (χ1n) is 7.15. The maximum Gasteiger partial charge on any atom is 0.259 e. The van der Waals surface area contributed by atoms with Crippen LogP contribution in [0.25, 0.3) is 11.5 Å². The maximum atomic E-state index is 8.85. The Bertz CT molecular complexity index is 669. The SMILES string of the molecule is COC1(c2noc(-c3c[nH]c(C#N)c3)n2)CCCC(C)C1. The van der Waals surface area contributed by atoms with Crippen LogP contribution in [-0.2, 0) is 10.3 Å². The van der Waals surface area contributed by atoms with E-state index < -0.39 is 5.60 Å². The Balaban J connectivity index is 1.91. The van der Waals surface area contributed by atoms with E-state index in [0.717, 1.165) is 24.8 Å². The first kappa shape index (κ1) is 13.8. The van der Waals surface area contributed by atoms with E-state index in [1.807, 2.05) is 6.07 Å². The summed E-state index contributed by atoms with van der Waals surface area (Å²) in [5, 5.41) is 13.0. The molecule has 21 heavy (non-hydrogen) atoms. The Labute approximate surface area is 123 Å². The smallest absolute Gasteiger partial charge is 0.259 e. The number of hydrogen-bond donors (Lipinski definition) is 1. The summed E-state index contributed by atoms with van der Waals surface area (Å²) in [5.41, 5.74) is 0.742. The fourth-order valence-corrected chi connectivity index (χ4v) is 3.09. The second kappa shape index (κ2) is 5.34. The van der Waals surface area contributed by atoms with Crippen molar-refractivity contribution in [3.05, 3.63) is 23.8 Å². The second-order valence-corrected chi connectivity index (χ2v) is 5.74. The Morgan fingerprint density at radius 1 is 1.57 bits per heavy atom. The molecule has 0 aliphatic heterocycles. The lowest BCUT2D eigenvalue weighted by molar-refractivity contribution is -0.0658. The molecule has 0 aromatic carbocycles. The Morgan fingerprint density at radius 3 is 3.10 bits per heavy atom. The van der Waals surface area contributed by atoms with Crippen molar-refractivity contribution in [2.45, 2.75) is 38.2 Å². The molecule has 1 aliphatic rings. The van der Waals surface area contributed by atoms with Crippen LogP contribution in [0.1, 0.15) is 44.1 Å². The second-order valence-electron chi connectivity index (χ2n) is 5.74. The van der Waals surface area contributed by atoms with Gasteiger partial charge in [0.05, 0.1) is 5.56 Å². The highest BCUT2D eigenvalue weighted by Gasteiger charge is 2.41. The van der Waals surface area contributed by atoms with E-state index in [-0.39, 0.29) is 0 Å². The third kappa shape index (κ3) is 2.45. The lowest BCUT2D eigenvalue weighted by atomic mass is 9.78. The predicted octanol–water partition coefficient (Wildman–Crippen LogP) is 2.99. The van der Waals surface area contributed by atoms with Crippen LogP contribution in [0.5, 0.6) is 0 Å².